The Labute approximate surface area is 154 Å². The van der Waals surface area contributed by atoms with E-state index in [4.69, 9.17) is 21.1 Å². The van der Waals surface area contributed by atoms with E-state index < -0.39 is 5.97 Å². The number of imidazole rings is 1. The molecule has 0 bridgehead atoms. The van der Waals surface area contributed by atoms with Gasteiger partial charge in [0.25, 0.3) is 5.91 Å². The maximum atomic E-state index is 12.0. The van der Waals surface area contributed by atoms with Gasteiger partial charge in [-0.3, -0.25) is 9.59 Å². The van der Waals surface area contributed by atoms with Crippen molar-refractivity contribution in [1.29, 1.82) is 0 Å². The summed E-state index contributed by atoms with van der Waals surface area (Å²) in [6.45, 7) is -0.222. The highest BCUT2D eigenvalue weighted by atomic mass is 35.5. The first kappa shape index (κ1) is 17.8. The molecule has 1 N–H and O–H groups in total. The molecule has 3 aromatic rings. The fourth-order valence-electron chi connectivity index (χ4n) is 2.29. The topological polar surface area (TPSA) is 81.9 Å². The zero-order valence-corrected chi connectivity index (χ0v) is 14.7. The lowest BCUT2D eigenvalue weighted by molar-refractivity contribution is -0.143. The van der Waals surface area contributed by atoms with Gasteiger partial charge in [-0.05, 0) is 36.4 Å². The Morgan fingerprint density at radius 1 is 1.15 bits per heavy atom. The summed E-state index contributed by atoms with van der Waals surface area (Å²) in [4.78, 5) is 28.1. The zero-order chi connectivity index (χ0) is 18.5. The molecule has 0 unspecified atom stereocenters. The molecule has 0 spiro atoms. The quantitative estimate of drug-likeness (QED) is 0.671. The third-order valence-electron chi connectivity index (χ3n) is 3.59. The number of nitrogens with zero attached hydrogens (tertiary/aromatic N) is 2. The van der Waals surface area contributed by atoms with E-state index in [9.17, 15) is 9.59 Å². The molecule has 0 saturated heterocycles. The molecule has 2 aromatic heterocycles. The summed E-state index contributed by atoms with van der Waals surface area (Å²) in [5, 5.41) is 3.09. The Morgan fingerprint density at radius 3 is 2.65 bits per heavy atom. The molecule has 7 nitrogen and oxygen atoms in total. The average Bonchev–Trinajstić information content (AvgIpc) is 3.06. The first-order valence-corrected chi connectivity index (χ1v) is 8.14. The molecule has 0 fully saturated rings. The first-order chi connectivity index (χ1) is 12.5. The van der Waals surface area contributed by atoms with Crippen molar-refractivity contribution in [2.24, 2.45) is 0 Å². The molecular weight excluding hydrogens is 358 g/mol. The maximum Gasteiger partial charge on any atom is 0.325 e. The lowest BCUT2D eigenvalue weighted by Crippen LogP contribution is -2.30. The summed E-state index contributed by atoms with van der Waals surface area (Å²) in [5.74, 6) is -0.274. The van der Waals surface area contributed by atoms with Gasteiger partial charge in [0.1, 0.15) is 24.5 Å². The number of carbonyl (C=O) groups is 2. The summed E-state index contributed by atoms with van der Waals surface area (Å²) >= 11 is 5.91. The third kappa shape index (κ3) is 4.31. The lowest BCUT2D eigenvalue weighted by Gasteiger charge is -2.06. The van der Waals surface area contributed by atoms with E-state index in [2.05, 4.69) is 10.3 Å². The summed E-state index contributed by atoms with van der Waals surface area (Å²) in [6.07, 6.45) is 3.44. The van der Waals surface area contributed by atoms with Gasteiger partial charge < -0.3 is 19.2 Å². The van der Waals surface area contributed by atoms with E-state index in [0.717, 1.165) is 0 Å². The van der Waals surface area contributed by atoms with E-state index >= 15 is 0 Å². The van der Waals surface area contributed by atoms with Gasteiger partial charge in [-0.2, -0.15) is 0 Å². The first-order valence-electron chi connectivity index (χ1n) is 7.76. The van der Waals surface area contributed by atoms with Gasteiger partial charge in [0.15, 0.2) is 0 Å². The van der Waals surface area contributed by atoms with Crippen molar-refractivity contribution in [3.8, 4) is 5.75 Å². The highest BCUT2D eigenvalue weighted by Crippen LogP contribution is 2.13. The molecule has 0 aliphatic carbocycles. The van der Waals surface area contributed by atoms with Crippen LogP contribution in [0.4, 0.5) is 0 Å². The zero-order valence-electron chi connectivity index (χ0n) is 13.9. The van der Waals surface area contributed by atoms with Crippen LogP contribution in [0.2, 0.25) is 5.02 Å². The van der Waals surface area contributed by atoms with E-state index in [0.29, 0.717) is 27.7 Å². The van der Waals surface area contributed by atoms with Crippen molar-refractivity contribution in [1.82, 2.24) is 14.7 Å². The summed E-state index contributed by atoms with van der Waals surface area (Å²) < 4.78 is 11.9. The molecule has 26 heavy (non-hydrogen) atoms. The molecule has 134 valence electrons. The van der Waals surface area contributed by atoms with Crippen molar-refractivity contribution in [3.05, 3.63) is 65.1 Å². The van der Waals surface area contributed by atoms with Gasteiger partial charge in [-0.15, -0.1) is 0 Å². The highest BCUT2D eigenvalue weighted by molar-refractivity contribution is 6.30. The number of fused-ring (bicyclic) bond motifs is 1. The van der Waals surface area contributed by atoms with Crippen molar-refractivity contribution >= 4 is 29.1 Å². The Balaban J connectivity index is 1.49. The largest absolute Gasteiger partial charge is 0.497 e. The molecule has 1 aromatic carbocycles. The molecule has 3 rings (SSSR count). The minimum atomic E-state index is -0.554. The number of benzene rings is 1. The normalized spacial score (nSPS) is 10.5. The highest BCUT2D eigenvalue weighted by Gasteiger charge is 2.10. The number of carbonyl (C=O) groups excluding carboxylic acids is 2. The van der Waals surface area contributed by atoms with Crippen LogP contribution in [-0.2, 0) is 16.1 Å². The number of methoxy groups -OCH3 is 1. The number of amides is 1. The second-order valence-corrected chi connectivity index (χ2v) is 5.85. The van der Waals surface area contributed by atoms with Gasteiger partial charge in [-0.1, -0.05) is 11.6 Å². The van der Waals surface area contributed by atoms with Crippen molar-refractivity contribution < 1.29 is 19.1 Å². The number of rotatable bonds is 6. The molecule has 1 amide bonds. The van der Waals surface area contributed by atoms with Crippen LogP contribution in [0.3, 0.4) is 0 Å². The van der Waals surface area contributed by atoms with Gasteiger partial charge >= 0.3 is 5.97 Å². The number of nitrogens with one attached hydrogen (secondary N) is 1. The smallest absolute Gasteiger partial charge is 0.325 e. The van der Waals surface area contributed by atoms with Gasteiger partial charge in [0.2, 0.25) is 0 Å². The summed E-state index contributed by atoms with van der Waals surface area (Å²) in [7, 11) is 1.54. The predicted octanol–water partition coefficient (Wildman–Crippen LogP) is 2.47. The minimum absolute atomic E-state index is 0.0105. The van der Waals surface area contributed by atoms with Crippen LogP contribution in [0.15, 0.2) is 48.8 Å². The maximum absolute atomic E-state index is 12.0. The van der Waals surface area contributed by atoms with Gasteiger partial charge in [0.05, 0.1) is 17.8 Å². The Bertz CT molecular complexity index is 937. The molecule has 0 atom stereocenters. The molecule has 0 radical (unpaired) electrons. The van der Waals surface area contributed by atoms with Crippen LogP contribution >= 0.6 is 11.6 Å². The molecule has 8 heteroatoms. The number of halogens is 1. The molecular formula is C18H16ClN3O4. The van der Waals surface area contributed by atoms with Crippen molar-refractivity contribution in [2.75, 3.05) is 13.7 Å². The predicted molar refractivity (Wildman–Crippen MR) is 95.3 cm³/mol. The van der Waals surface area contributed by atoms with E-state index in [1.165, 1.54) is 0 Å². The Kier molecular flexibility index (Phi) is 5.38. The lowest BCUT2D eigenvalue weighted by atomic mass is 10.2. The number of hydrogen-bond donors (Lipinski definition) is 1. The second-order valence-electron chi connectivity index (χ2n) is 5.42. The standard InChI is InChI=1S/C18H16ClN3O4/c1-25-15-5-2-12(3-6-15)18(24)20-8-17(23)26-11-14-10-22-9-13(19)4-7-16(22)21-14/h2-7,9-10H,8,11H2,1H3,(H,20,24). The Hall–Kier alpha value is -3.06. The van der Waals surface area contributed by atoms with Gasteiger partial charge in [-0.25, -0.2) is 4.98 Å². The third-order valence-corrected chi connectivity index (χ3v) is 3.81. The minimum Gasteiger partial charge on any atom is -0.497 e. The molecule has 0 aliphatic heterocycles. The van der Waals surface area contributed by atoms with Crippen LogP contribution < -0.4 is 10.1 Å². The fraction of sp³-hybridized carbons (Fsp3) is 0.167. The summed E-state index contributed by atoms with van der Waals surface area (Å²) in [5.41, 5.74) is 1.71. The van der Waals surface area contributed by atoms with Crippen LogP contribution in [0, 0.1) is 0 Å². The van der Waals surface area contributed by atoms with E-state index in [1.54, 1.807) is 60.3 Å². The summed E-state index contributed by atoms with van der Waals surface area (Å²) in [6, 6.07) is 10.1. The molecule has 2 heterocycles. The van der Waals surface area contributed by atoms with Crippen LogP contribution in [0.25, 0.3) is 5.65 Å². The van der Waals surface area contributed by atoms with Crippen molar-refractivity contribution in [3.63, 3.8) is 0 Å². The van der Waals surface area contributed by atoms with Crippen LogP contribution in [-0.4, -0.2) is 34.9 Å². The number of esters is 1. The van der Waals surface area contributed by atoms with E-state index in [-0.39, 0.29) is 19.1 Å². The van der Waals surface area contributed by atoms with Gasteiger partial charge in [0, 0.05) is 18.0 Å². The van der Waals surface area contributed by atoms with Crippen LogP contribution in [0.1, 0.15) is 16.1 Å². The number of ether oxygens (including phenoxy) is 2. The SMILES string of the molecule is COc1ccc(C(=O)NCC(=O)OCc2cn3cc(Cl)ccc3n2)cc1. The average molecular weight is 374 g/mol. The molecule has 0 saturated carbocycles. The van der Waals surface area contributed by atoms with E-state index in [1.807, 2.05) is 0 Å². The number of pyridine rings is 1. The monoisotopic (exact) mass is 373 g/mol. The Morgan fingerprint density at radius 2 is 1.92 bits per heavy atom. The van der Waals surface area contributed by atoms with Crippen LogP contribution in [0.5, 0.6) is 5.75 Å². The second kappa shape index (κ2) is 7.88. The fourth-order valence-corrected chi connectivity index (χ4v) is 2.46. The molecule has 0 aliphatic rings. The number of hydrogen-bond acceptors (Lipinski definition) is 5. The van der Waals surface area contributed by atoms with Crippen molar-refractivity contribution in [2.45, 2.75) is 6.61 Å². The number of aromatic nitrogens is 2.